The van der Waals surface area contributed by atoms with Crippen LogP contribution in [0.1, 0.15) is 13.8 Å². The molecule has 5 heteroatoms. The predicted octanol–water partition coefficient (Wildman–Crippen LogP) is 3.90. The van der Waals surface area contributed by atoms with Gasteiger partial charge in [-0.15, -0.1) is 0 Å². The van der Waals surface area contributed by atoms with Crippen LogP contribution in [0.5, 0.6) is 5.75 Å². The monoisotopic (exact) mass is 294 g/mol. The van der Waals surface area contributed by atoms with Crippen LogP contribution in [0.4, 0.5) is 17.5 Å². The van der Waals surface area contributed by atoms with Gasteiger partial charge in [0.1, 0.15) is 11.6 Å². The minimum atomic E-state index is 0.229. The summed E-state index contributed by atoms with van der Waals surface area (Å²) < 4.78 is 0. The molecular weight excluding hydrogens is 276 g/mol. The number of anilines is 3. The Kier molecular flexibility index (Phi) is 3.78. The Morgan fingerprint density at radius 3 is 2.41 bits per heavy atom. The van der Waals surface area contributed by atoms with Crippen molar-refractivity contribution in [3.8, 4) is 5.75 Å². The zero-order chi connectivity index (χ0) is 15.5. The van der Waals surface area contributed by atoms with Crippen LogP contribution < -0.4 is 10.6 Å². The Bertz CT molecular complexity index is 784. The summed E-state index contributed by atoms with van der Waals surface area (Å²) in [4.78, 5) is 9.10. The standard InChI is InChI=1S/C17H18N4O/c1-11(2)18-16-14-5-3-4-6-15(14)20-17(21-16)19-12-7-9-13(22)10-8-12/h3-11,22H,1-2H3,(H2,18,19,20,21). The number of rotatable bonds is 4. The van der Waals surface area contributed by atoms with Crippen LogP contribution in [0, 0.1) is 0 Å². The van der Waals surface area contributed by atoms with Gasteiger partial charge in [-0.3, -0.25) is 0 Å². The van der Waals surface area contributed by atoms with E-state index in [0.29, 0.717) is 5.95 Å². The van der Waals surface area contributed by atoms with E-state index in [0.717, 1.165) is 22.4 Å². The highest BCUT2D eigenvalue weighted by Gasteiger charge is 2.08. The Morgan fingerprint density at radius 1 is 0.955 bits per heavy atom. The number of nitrogens with zero attached hydrogens (tertiary/aromatic N) is 2. The number of hydrogen-bond acceptors (Lipinski definition) is 5. The second-order valence-corrected chi connectivity index (χ2v) is 5.38. The molecule has 2 aromatic carbocycles. The van der Waals surface area contributed by atoms with E-state index in [-0.39, 0.29) is 11.8 Å². The van der Waals surface area contributed by atoms with E-state index < -0.39 is 0 Å². The summed E-state index contributed by atoms with van der Waals surface area (Å²) in [6.07, 6.45) is 0. The van der Waals surface area contributed by atoms with Crippen molar-refractivity contribution in [2.24, 2.45) is 0 Å². The second-order valence-electron chi connectivity index (χ2n) is 5.38. The largest absolute Gasteiger partial charge is 0.508 e. The van der Waals surface area contributed by atoms with Gasteiger partial charge in [-0.2, -0.15) is 4.98 Å². The molecule has 112 valence electrons. The highest BCUT2D eigenvalue weighted by atomic mass is 16.3. The fourth-order valence-electron chi connectivity index (χ4n) is 2.19. The van der Waals surface area contributed by atoms with Crippen molar-refractivity contribution in [1.29, 1.82) is 0 Å². The van der Waals surface area contributed by atoms with Crippen molar-refractivity contribution in [3.63, 3.8) is 0 Å². The average Bonchev–Trinajstić information content (AvgIpc) is 2.49. The van der Waals surface area contributed by atoms with Gasteiger partial charge >= 0.3 is 0 Å². The Morgan fingerprint density at radius 2 is 1.68 bits per heavy atom. The number of nitrogens with one attached hydrogen (secondary N) is 2. The lowest BCUT2D eigenvalue weighted by atomic mass is 10.2. The predicted molar refractivity (Wildman–Crippen MR) is 89.7 cm³/mol. The molecule has 3 rings (SSSR count). The van der Waals surface area contributed by atoms with Gasteiger partial charge in [-0.1, -0.05) is 12.1 Å². The molecule has 0 aliphatic rings. The van der Waals surface area contributed by atoms with Crippen LogP contribution >= 0.6 is 0 Å². The van der Waals surface area contributed by atoms with E-state index in [2.05, 4.69) is 34.4 Å². The summed E-state index contributed by atoms with van der Waals surface area (Å²) in [5.41, 5.74) is 1.70. The van der Waals surface area contributed by atoms with Crippen LogP contribution in [-0.2, 0) is 0 Å². The van der Waals surface area contributed by atoms with Crippen molar-refractivity contribution >= 4 is 28.4 Å². The van der Waals surface area contributed by atoms with Crippen LogP contribution in [0.15, 0.2) is 48.5 Å². The molecule has 1 aromatic heterocycles. The summed E-state index contributed by atoms with van der Waals surface area (Å²) in [5, 5.41) is 16.8. The Hall–Kier alpha value is -2.82. The lowest BCUT2D eigenvalue weighted by Gasteiger charge is -2.14. The molecule has 1 heterocycles. The van der Waals surface area contributed by atoms with Gasteiger partial charge < -0.3 is 15.7 Å². The van der Waals surface area contributed by atoms with Gasteiger partial charge in [0.25, 0.3) is 0 Å². The number of phenols is 1. The molecular formula is C17H18N4O. The van der Waals surface area contributed by atoms with Crippen molar-refractivity contribution in [3.05, 3.63) is 48.5 Å². The van der Waals surface area contributed by atoms with E-state index in [1.54, 1.807) is 24.3 Å². The number of para-hydroxylation sites is 1. The van der Waals surface area contributed by atoms with E-state index >= 15 is 0 Å². The smallest absolute Gasteiger partial charge is 0.229 e. The lowest BCUT2D eigenvalue weighted by Crippen LogP contribution is -2.12. The van der Waals surface area contributed by atoms with E-state index in [9.17, 15) is 5.11 Å². The molecule has 3 N–H and O–H groups in total. The molecule has 0 radical (unpaired) electrons. The third kappa shape index (κ3) is 3.09. The molecule has 0 spiro atoms. The minimum Gasteiger partial charge on any atom is -0.508 e. The topological polar surface area (TPSA) is 70.1 Å². The summed E-state index contributed by atoms with van der Waals surface area (Å²) in [7, 11) is 0. The number of hydrogen-bond donors (Lipinski definition) is 3. The molecule has 0 fully saturated rings. The highest BCUT2D eigenvalue weighted by molar-refractivity contribution is 5.90. The number of aromatic hydroxyl groups is 1. The summed E-state index contributed by atoms with van der Waals surface area (Å²) in [5.74, 6) is 1.56. The first-order valence-electron chi connectivity index (χ1n) is 7.21. The molecule has 0 atom stereocenters. The van der Waals surface area contributed by atoms with Crippen molar-refractivity contribution in [2.75, 3.05) is 10.6 Å². The van der Waals surface area contributed by atoms with Crippen LogP contribution in [0.25, 0.3) is 10.9 Å². The third-order valence-corrected chi connectivity index (χ3v) is 3.15. The first kappa shape index (κ1) is 14.1. The molecule has 22 heavy (non-hydrogen) atoms. The van der Waals surface area contributed by atoms with Gasteiger partial charge in [0.2, 0.25) is 5.95 Å². The van der Waals surface area contributed by atoms with Gasteiger partial charge in [-0.05, 0) is 50.2 Å². The molecule has 0 aliphatic heterocycles. The maximum Gasteiger partial charge on any atom is 0.229 e. The fraction of sp³-hybridized carbons (Fsp3) is 0.176. The summed E-state index contributed by atoms with van der Waals surface area (Å²) >= 11 is 0. The number of benzene rings is 2. The average molecular weight is 294 g/mol. The Labute approximate surface area is 129 Å². The van der Waals surface area contributed by atoms with Crippen LogP contribution in [-0.4, -0.2) is 21.1 Å². The normalized spacial score (nSPS) is 10.9. The van der Waals surface area contributed by atoms with Crippen molar-refractivity contribution in [2.45, 2.75) is 19.9 Å². The quantitative estimate of drug-likeness (QED) is 0.637. The SMILES string of the molecule is CC(C)Nc1nc(Nc2ccc(O)cc2)nc2ccccc12. The first-order chi connectivity index (χ1) is 10.6. The molecule has 0 saturated carbocycles. The lowest BCUT2D eigenvalue weighted by molar-refractivity contribution is 0.475. The highest BCUT2D eigenvalue weighted by Crippen LogP contribution is 2.24. The molecule has 0 unspecified atom stereocenters. The minimum absolute atomic E-state index is 0.229. The van der Waals surface area contributed by atoms with Crippen LogP contribution in [0.2, 0.25) is 0 Å². The van der Waals surface area contributed by atoms with E-state index in [1.165, 1.54) is 0 Å². The van der Waals surface area contributed by atoms with Crippen molar-refractivity contribution < 1.29 is 5.11 Å². The molecule has 0 aliphatic carbocycles. The molecule has 0 bridgehead atoms. The molecule has 3 aromatic rings. The molecule has 0 amide bonds. The maximum absolute atomic E-state index is 9.34. The summed E-state index contributed by atoms with van der Waals surface area (Å²) in [6, 6.07) is 15.0. The zero-order valence-electron chi connectivity index (χ0n) is 12.5. The van der Waals surface area contributed by atoms with Crippen molar-refractivity contribution in [1.82, 2.24) is 9.97 Å². The Balaban J connectivity index is 2.00. The third-order valence-electron chi connectivity index (χ3n) is 3.15. The zero-order valence-corrected chi connectivity index (χ0v) is 12.5. The van der Waals surface area contributed by atoms with Gasteiger partial charge in [-0.25, -0.2) is 4.98 Å². The number of phenolic OH excluding ortho intramolecular Hbond substituents is 1. The number of fused-ring (bicyclic) bond motifs is 1. The molecule has 5 nitrogen and oxygen atoms in total. The van der Waals surface area contributed by atoms with Gasteiger partial charge in [0.05, 0.1) is 5.52 Å². The van der Waals surface area contributed by atoms with Crippen LogP contribution in [0.3, 0.4) is 0 Å². The second kappa shape index (κ2) is 5.89. The van der Waals surface area contributed by atoms with Gasteiger partial charge in [0, 0.05) is 17.1 Å². The maximum atomic E-state index is 9.34. The van der Waals surface area contributed by atoms with Gasteiger partial charge in [0.15, 0.2) is 0 Å². The fourth-order valence-corrected chi connectivity index (χ4v) is 2.19. The van der Waals surface area contributed by atoms with E-state index in [4.69, 9.17) is 0 Å². The summed E-state index contributed by atoms with van der Waals surface area (Å²) in [6.45, 7) is 4.15. The number of aromatic nitrogens is 2. The first-order valence-corrected chi connectivity index (χ1v) is 7.21. The van der Waals surface area contributed by atoms with E-state index in [1.807, 2.05) is 24.3 Å². The molecule has 0 saturated heterocycles.